The van der Waals surface area contributed by atoms with Crippen molar-refractivity contribution in [1.29, 1.82) is 0 Å². The Morgan fingerprint density at radius 3 is 1.85 bits per heavy atom. The van der Waals surface area contributed by atoms with E-state index in [9.17, 15) is 32.3 Å². The van der Waals surface area contributed by atoms with Gasteiger partial charge < -0.3 is 0 Å². The van der Waals surface area contributed by atoms with Crippen molar-refractivity contribution in [2.75, 3.05) is 0 Å². The van der Waals surface area contributed by atoms with Gasteiger partial charge in [-0.1, -0.05) is 63.6 Å². The van der Waals surface area contributed by atoms with Crippen LogP contribution < -0.4 is 0 Å². The molecule has 0 bridgehead atoms. The molecule has 5 aromatic rings. The van der Waals surface area contributed by atoms with Crippen LogP contribution in [0.4, 0.5) is 13.2 Å². The van der Waals surface area contributed by atoms with Crippen LogP contribution >= 0.6 is 45.3 Å². The minimum Gasteiger partial charge on any atom is -0.290 e. The number of carbonyl (C=O) groups excluding carboxylic acids is 4. The first-order chi connectivity index (χ1) is 25.0. The van der Waals surface area contributed by atoms with Crippen LogP contribution in [0.15, 0.2) is 59.7 Å². The molecule has 4 aromatic heterocycles. The predicted octanol–water partition coefficient (Wildman–Crippen LogP) is 11.1. The number of ketones is 4. The van der Waals surface area contributed by atoms with Gasteiger partial charge in [0.05, 0.1) is 30.6 Å². The van der Waals surface area contributed by atoms with Gasteiger partial charge in [-0.25, -0.2) is 0 Å². The normalized spacial score (nSPS) is 23.3. The summed E-state index contributed by atoms with van der Waals surface area (Å²) in [6.07, 6.45) is 2.20. The molecule has 264 valence electrons. The lowest BCUT2D eigenvalue weighted by atomic mass is 9.82. The molecular formula is C42H27F3O4S4. The van der Waals surface area contributed by atoms with Crippen molar-refractivity contribution in [1.82, 2.24) is 0 Å². The average molecular weight is 781 g/mol. The zero-order valence-corrected chi connectivity index (χ0v) is 32.1. The van der Waals surface area contributed by atoms with Gasteiger partial charge in [-0.05, 0) is 65.1 Å². The Bertz CT molecular complexity index is 2760. The van der Waals surface area contributed by atoms with E-state index in [-0.39, 0.29) is 16.4 Å². The number of benzene rings is 1. The number of aryl methyl sites for hydroxylation is 1. The maximum absolute atomic E-state index is 13.4. The van der Waals surface area contributed by atoms with Gasteiger partial charge in [0.1, 0.15) is 0 Å². The Balaban J connectivity index is 1.03. The molecule has 1 aromatic carbocycles. The van der Waals surface area contributed by atoms with Gasteiger partial charge in [-0.2, -0.15) is 13.2 Å². The summed E-state index contributed by atoms with van der Waals surface area (Å²) in [5, 5.41) is 0. The largest absolute Gasteiger partial charge is 0.416 e. The van der Waals surface area contributed by atoms with Gasteiger partial charge in [0, 0.05) is 53.0 Å². The van der Waals surface area contributed by atoms with Crippen molar-refractivity contribution >= 4 is 95.6 Å². The molecule has 4 heterocycles. The molecule has 10 rings (SSSR count). The lowest BCUT2D eigenvalue weighted by Crippen LogP contribution is -2.21. The number of alkyl halides is 3. The van der Waals surface area contributed by atoms with Crippen molar-refractivity contribution in [3.05, 3.63) is 108 Å². The molecule has 1 fully saturated rings. The lowest BCUT2D eigenvalue weighted by molar-refractivity contribution is -0.134. The van der Waals surface area contributed by atoms with Crippen molar-refractivity contribution < 1.29 is 32.3 Å². The molecular weight excluding hydrogens is 754 g/mol. The summed E-state index contributed by atoms with van der Waals surface area (Å²) in [5.74, 6) is -4.28. The highest BCUT2D eigenvalue weighted by atomic mass is 32.1. The summed E-state index contributed by atoms with van der Waals surface area (Å²) in [7, 11) is 0. The van der Waals surface area contributed by atoms with Gasteiger partial charge in [0.15, 0.2) is 0 Å². The van der Waals surface area contributed by atoms with E-state index in [1.807, 2.05) is 36.5 Å². The molecule has 0 amide bonds. The lowest BCUT2D eigenvalue weighted by Gasteiger charge is -2.21. The van der Waals surface area contributed by atoms with Crippen molar-refractivity contribution in [2.45, 2.75) is 51.6 Å². The van der Waals surface area contributed by atoms with E-state index in [1.54, 1.807) is 46.2 Å². The minimum absolute atomic E-state index is 0.239. The van der Waals surface area contributed by atoms with Crippen LogP contribution in [-0.2, 0) is 25.2 Å². The molecule has 0 aliphatic heterocycles. The van der Waals surface area contributed by atoms with Crippen molar-refractivity contribution in [3.8, 4) is 19.5 Å². The Morgan fingerprint density at radius 2 is 1.26 bits per heavy atom. The fourth-order valence-corrected chi connectivity index (χ4v) is 15.1. The van der Waals surface area contributed by atoms with Gasteiger partial charge in [0.2, 0.25) is 23.1 Å². The zero-order chi connectivity index (χ0) is 37.3. The van der Waals surface area contributed by atoms with Crippen LogP contribution in [0.5, 0.6) is 0 Å². The summed E-state index contributed by atoms with van der Waals surface area (Å²) >= 11 is 6.81. The highest BCUT2D eigenvalue weighted by molar-refractivity contribution is 7.34. The van der Waals surface area contributed by atoms with E-state index in [2.05, 4.69) is 39.8 Å². The summed E-state index contributed by atoms with van der Waals surface area (Å²) in [6.45, 7) is 10.8. The molecule has 1 saturated carbocycles. The quantitative estimate of drug-likeness (QED) is 0.132. The Labute approximate surface area is 317 Å². The topological polar surface area (TPSA) is 68.3 Å². The molecule has 0 N–H and O–H groups in total. The number of Topliss-reactive ketones (excluding diaryl/α,β-unsaturated/α-hetero) is 4. The van der Waals surface area contributed by atoms with E-state index in [4.69, 9.17) is 0 Å². The minimum atomic E-state index is -4.59. The third-order valence-electron chi connectivity index (χ3n) is 11.5. The number of thiophene rings is 4. The van der Waals surface area contributed by atoms with E-state index in [0.717, 1.165) is 37.9 Å². The van der Waals surface area contributed by atoms with Gasteiger partial charge in [0.25, 0.3) is 0 Å². The maximum Gasteiger partial charge on any atom is 0.416 e. The highest BCUT2D eigenvalue weighted by Crippen LogP contribution is 2.65. The molecule has 5 aliphatic carbocycles. The number of fused-ring (bicyclic) bond motifs is 11. The summed E-state index contributed by atoms with van der Waals surface area (Å²) in [4.78, 5) is 58.2. The van der Waals surface area contributed by atoms with Crippen molar-refractivity contribution in [2.24, 2.45) is 11.8 Å². The fourth-order valence-electron chi connectivity index (χ4n) is 8.78. The van der Waals surface area contributed by atoms with E-state index in [1.165, 1.54) is 46.8 Å². The van der Waals surface area contributed by atoms with Crippen LogP contribution in [0.2, 0.25) is 0 Å². The third kappa shape index (κ3) is 4.33. The second-order valence-corrected chi connectivity index (χ2v) is 19.6. The second-order valence-electron chi connectivity index (χ2n) is 15.4. The molecule has 53 heavy (non-hydrogen) atoms. The SMILES string of the molecule is Cc1ccc2c(c1)C(=O)C(=O)/C2=C\c1cc2c(s1)-c1sc3c4c(sc3c1C2(C)C)-c1sc(/C=C2\C(=O)C(=O)C3C=C(C(F)(F)F)C=CC23)cc1C4(C)C. The number of carbonyl (C=O) groups is 4. The monoisotopic (exact) mass is 780 g/mol. The summed E-state index contributed by atoms with van der Waals surface area (Å²) in [5.41, 5.74) is 6.17. The Morgan fingerprint density at radius 1 is 0.679 bits per heavy atom. The molecule has 5 aliphatic rings. The second kappa shape index (κ2) is 10.5. The molecule has 0 spiro atoms. The number of hydrogen-bond acceptors (Lipinski definition) is 8. The van der Waals surface area contributed by atoms with E-state index < -0.39 is 46.7 Å². The van der Waals surface area contributed by atoms with Gasteiger partial charge in [-0.3, -0.25) is 19.2 Å². The van der Waals surface area contributed by atoms with E-state index >= 15 is 0 Å². The zero-order valence-electron chi connectivity index (χ0n) is 28.8. The molecule has 2 unspecified atom stereocenters. The number of halogens is 3. The summed E-state index contributed by atoms with van der Waals surface area (Å²) in [6, 6.07) is 9.81. The third-order valence-corrected chi connectivity index (χ3v) is 16.5. The summed E-state index contributed by atoms with van der Waals surface area (Å²) < 4.78 is 42.7. The smallest absolute Gasteiger partial charge is 0.290 e. The first-order valence-electron chi connectivity index (χ1n) is 17.1. The Hall–Kier alpha value is -4.29. The van der Waals surface area contributed by atoms with Crippen LogP contribution in [-0.4, -0.2) is 29.3 Å². The van der Waals surface area contributed by atoms with Crippen LogP contribution in [0, 0.1) is 18.8 Å². The van der Waals surface area contributed by atoms with Gasteiger partial charge in [-0.15, -0.1) is 45.3 Å². The molecule has 11 heteroatoms. The van der Waals surface area contributed by atoms with Crippen LogP contribution in [0.25, 0.3) is 46.6 Å². The first kappa shape index (κ1) is 33.3. The standard InChI is InChI=1S/C42H27F3O4S4/c1-16-6-8-20-22(10-16)30(46)32(48)24(20)12-18-14-26-34(50-18)36-28(40(26,2)3)38-39(52-36)29-37(53-38)35-27(41(29,4)5)15-19(51-35)13-25-21-9-7-17(42(43,44)45)11-23(21)31(47)33(25)49/h6-15,21,23H,1-5H3/b24-12-,25-13-. The number of hydrogen-bond donors (Lipinski definition) is 0. The van der Waals surface area contributed by atoms with Gasteiger partial charge >= 0.3 is 6.18 Å². The van der Waals surface area contributed by atoms with Crippen molar-refractivity contribution in [3.63, 3.8) is 0 Å². The molecule has 0 radical (unpaired) electrons. The molecule has 0 saturated heterocycles. The maximum atomic E-state index is 13.4. The first-order valence-corrected chi connectivity index (χ1v) is 20.3. The van der Waals surface area contributed by atoms with Crippen LogP contribution in [0.1, 0.15) is 81.2 Å². The Kier molecular flexibility index (Phi) is 6.58. The number of allylic oxidation sites excluding steroid dienone is 6. The van der Waals surface area contributed by atoms with E-state index in [0.29, 0.717) is 16.7 Å². The molecule has 2 atom stereocenters. The predicted molar refractivity (Wildman–Crippen MR) is 207 cm³/mol. The highest BCUT2D eigenvalue weighted by Gasteiger charge is 2.49. The number of rotatable bonds is 2. The van der Waals surface area contributed by atoms with Crippen LogP contribution in [0.3, 0.4) is 0 Å². The molecule has 4 nitrogen and oxygen atoms in total. The average Bonchev–Trinajstić information content (AvgIpc) is 3.95. The fraction of sp³-hybridized carbons (Fsp3) is 0.238.